The van der Waals surface area contributed by atoms with Crippen molar-refractivity contribution < 1.29 is 9.59 Å². The van der Waals surface area contributed by atoms with Crippen molar-refractivity contribution in [3.05, 3.63) is 53.6 Å². The van der Waals surface area contributed by atoms with Crippen molar-refractivity contribution in [3.63, 3.8) is 0 Å². The summed E-state index contributed by atoms with van der Waals surface area (Å²) in [7, 11) is 0. The van der Waals surface area contributed by atoms with Gasteiger partial charge in [0.25, 0.3) is 5.91 Å². The number of ketones is 1. The first kappa shape index (κ1) is 18.4. The summed E-state index contributed by atoms with van der Waals surface area (Å²) >= 11 is 1.45. The highest BCUT2D eigenvalue weighted by molar-refractivity contribution is 8.00. The molecule has 1 aromatic carbocycles. The molecule has 1 saturated heterocycles. The summed E-state index contributed by atoms with van der Waals surface area (Å²) in [5.41, 5.74) is 1.96. The van der Waals surface area contributed by atoms with Crippen LogP contribution in [-0.2, 0) is 0 Å². The van der Waals surface area contributed by atoms with Gasteiger partial charge in [0.1, 0.15) is 16.5 Å². The highest BCUT2D eigenvalue weighted by Gasteiger charge is 2.28. The van der Waals surface area contributed by atoms with Gasteiger partial charge in [-0.15, -0.1) is 0 Å². The topological polar surface area (TPSA) is 79.0 Å². The molecule has 0 bridgehead atoms. The third-order valence-corrected chi connectivity index (χ3v) is 6.49. The maximum atomic E-state index is 12.7. The zero-order valence-electron chi connectivity index (χ0n) is 16.1. The third-order valence-electron chi connectivity index (χ3n) is 5.50. The maximum absolute atomic E-state index is 12.7. The Hall–Kier alpha value is -2.67. The van der Waals surface area contributed by atoms with Gasteiger partial charge in [-0.25, -0.2) is 9.97 Å². The maximum Gasteiger partial charge on any atom is 0.270 e. The second-order valence-electron chi connectivity index (χ2n) is 7.69. The van der Waals surface area contributed by atoms with Crippen LogP contribution in [0.15, 0.2) is 41.6 Å². The van der Waals surface area contributed by atoms with E-state index in [0.717, 1.165) is 60.5 Å². The number of hydrogen-bond acceptors (Lipinski definition) is 5. The third kappa shape index (κ3) is 3.79. The van der Waals surface area contributed by atoms with Crippen LogP contribution in [0.25, 0.3) is 10.9 Å². The molecule has 0 radical (unpaired) electrons. The van der Waals surface area contributed by atoms with Gasteiger partial charge < -0.3 is 9.88 Å². The SMILES string of the molecule is O=C(CSc1nc(C2CC2)nc2ccccc12)c1c[nH]c(C(=O)N2CCCC2)c1. The number of nitrogens with one attached hydrogen (secondary N) is 1. The number of nitrogens with zero attached hydrogens (tertiary/aromatic N) is 3. The minimum Gasteiger partial charge on any atom is -0.356 e. The summed E-state index contributed by atoms with van der Waals surface area (Å²) in [6.07, 6.45) is 6.01. The fourth-order valence-electron chi connectivity index (χ4n) is 3.69. The van der Waals surface area contributed by atoms with Crippen LogP contribution in [0.1, 0.15) is 58.3 Å². The number of carbonyl (C=O) groups is 2. The predicted octanol–water partition coefficient (Wildman–Crippen LogP) is 4.05. The molecule has 2 aliphatic rings. The van der Waals surface area contributed by atoms with Crippen LogP contribution in [0.2, 0.25) is 0 Å². The molecule has 148 valence electrons. The molecule has 2 aromatic heterocycles. The summed E-state index contributed by atoms with van der Waals surface area (Å²) in [5.74, 6) is 1.59. The number of amides is 1. The number of carbonyl (C=O) groups excluding carboxylic acids is 2. The van der Waals surface area contributed by atoms with Crippen molar-refractivity contribution >= 4 is 34.4 Å². The van der Waals surface area contributed by atoms with E-state index in [-0.39, 0.29) is 17.4 Å². The normalized spacial score (nSPS) is 16.5. The van der Waals surface area contributed by atoms with Crippen molar-refractivity contribution in [2.45, 2.75) is 36.6 Å². The molecular formula is C22H22N4O2S. The van der Waals surface area contributed by atoms with Crippen LogP contribution >= 0.6 is 11.8 Å². The number of aromatic amines is 1. The molecule has 0 atom stereocenters. The molecule has 2 fully saturated rings. The highest BCUT2D eigenvalue weighted by Crippen LogP contribution is 2.39. The Kier molecular flexibility index (Phi) is 4.83. The van der Waals surface area contributed by atoms with E-state index in [0.29, 0.717) is 17.2 Å². The lowest BCUT2D eigenvalue weighted by molar-refractivity contribution is 0.0787. The molecule has 0 spiro atoms. The molecule has 1 amide bonds. The highest BCUT2D eigenvalue weighted by atomic mass is 32.2. The number of rotatable bonds is 6. The molecule has 7 heteroatoms. The summed E-state index contributed by atoms with van der Waals surface area (Å²) in [4.78, 5) is 39.5. The second kappa shape index (κ2) is 7.63. The van der Waals surface area contributed by atoms with Crippen molar-refractivity contribution in [2.24, 2.45) is 0 Å². The Bertz CT molecular complexity index is 1080. The van der Waals surface area contributed by atoms with Gasteiger partial charge in [0.2, 0.25) is 0 Å². The summed E-state index contributed by atoms with van der Waals surface area (Å²) in [6, 6.07) is 9.62. The van der Waals surface area contributed by atoms with Crippen molar-refractivity contribution in [1.82, 2.24) is 19.9 Å². The fraction of sp³-hybridized carbons (Fsp3) is 0.364. The monoisotopic (exact) mass is 406 g/mol. The van der Waals surface area contributed by atoms with Gasteiger partial charge in [0.15, 0.2) is 5.78 Å². The van der Waals surface area contributed by atoms with E-state index in [2.05, 4.69) is 9.97 Å². The quantitative estimate of drug-likeness (QED) is 0.380. The van der Waals surface area contributed by atoms with Gasteiger partial charge in [-0.1, -0.05) is 30.0 Å². The average Bonchev–Trinajstić information content (AvgIpc) is 3.24. The van der Waals surface area contributed by atoms with E-state index in [9.17, 15) is 9.59 Å². The van der Waals surface area contributed by atoms with Crippen LogP contribution in [0.4, 0.5) is 0 Å². The van der Waals surface area contributed by atoms with E-state index in [1.54, 1.807) is 12.3 Å². The van der Waals surface area contributed by atoms with E-state index in [1.165, 1.54) is 11.8 Å². The molecule has 3 heterocycles. The van der Waals surface area contributed by atoms with Crippen LogP contribution in [0.3, 0.4) is 0 Å². The number of para-hydroxylation sites is 1. The van der Waals surface area contributed by atoms with Gasteiger partial charge in [-0.2, -0.15) is 0 Å². The van der Waals surface area contributed by atoms with E-state index >= 15 is 0 Å². The van der Waals surface area contributed by atoms with Gasteiger partial charge in [0, 0.05) is 36.2 Å². The van der Waals surface area contributed by atoms with Gasteiger partial charge >= 0.3 is 0 Å². The van der Waals surface area contributed by atoms with Crippen LogP contribution in [-0.4, -0.2) is 50.4 Å². The second-order valence-corrected chi connectivity index (χ2v) is 8.66. The molecule has 1 N–H and O–H groups in total. The molecule has 29 heavy (non-hydrogen) atoms. The fourth-order valence-corrected chi connectivity index (χ4v) is 4.61. The molecule has 3 aromatic rings. The first-order valence-electron chi connectivity index (χ1n) is 10.1. The molecule has 6 nitrogen and oxygen atoms in total. The number of aromatic nitrogens is 3. The van der Waals surface area contributed by atoms with Crippen molar-refractivity contribution in [1.29, 1.82) is 0 Å². The van der Waals surface area contributed by atoms with E-state index in [1.807, 2.05) is 29.2 Å². The standard InChI is InChI=1S/C22H22N4O2S/c27-19(15-11-18(23-12-15)22(28)26-9-3-4-10-26)13-29-21-16-5-1-2-6-17(16)24-20(25-21)14-7-8-14/h1-2,5-6,11-12,14,23H,3-4,7-10,13H2. The van der Waals surface area contributed by atoms with E-state index in [4.69, 9.17) is 4.98 Å². The summed E-state index contributed by atoms with van der Waals surface area (Å²) in [5, 5.41) is 1.84. The van der Waals surface area contributed by atoms with Crippen LogP contribution in [0.5, 0.6) is 0 Å². The smallest absolute Gasteiger partial charge is 0.270 e. The molecule has 5 rings (SSSR count). The predicted molar refractivity (Wildman–Crippen MR) is 112 cm³/mol. The zero-order chi connectivity index (χ0) is 19.8. The minimum atomic E-state index is -0.0231. The Balaban J connectivity index is 1.31. The molecular weight excluding hydrogens is 384 g/mol. The average molecular weight is 407 g/mol. The van der Waals surface area contributed by atoms with Gasteiger partial charge in [0.05, 0.1) is 11.3 Å². The number of likely N-dealkylation sites (tertiary alicyclic amines) is 1. The van der Waals surface area contributed by atoms with Crippen LogP contribution in [0, 0.1) is 0 Å². The summed E-state index contributed by atoms with van der Waals surface area (Å²) < 4.78 is 0. The Morgan fingerprint density at radius 2 is 1.93 bits per heavy atom. The molecule has 1 aliphatic carbocycles. The largest absolute Gasteiger partial charge is 0.356 e. The summed E-state index contributed by atoms with van der Waals surface area (Å²) in [6.45, 7) is 1.59. The lowest BCUT2D eigenvalue weighted by Crippen LogP contribution is -2.27. The zero-order valence-corrected chi connectivity index (χ0v) is 16.9. The first-order chi connectivity index (χ1) is 14.2. The van der Waals surface area contributed by atoms with Crippen LogP contribution < -0.4 is 0 Å². The lowest BCUT2D eigenvalue weighted by atomic mass is 10.2. The Morgan fingerprint density at radius 1 is 1.14 bits per heavy atom. The van der Waals surface area contributed by atoms with Crippen molar-refractivity contribution in [2.75, 3.05) is 18.8 Å². The first-order valence-corrected chi connectivity index (χ1v) is 11.1. The number of thioether (sulfide) groups is 1. The van der Waals surface area contributed by atoms with Gasteiger partial charge in [-0.05, 0) is 37.8 Å². The molecule has 0 unspecified atom stereocenters. The van der Waals surface area contributed by atoms with Gasteiger partial charge in [-0.3, -0.25) is 9.59 Å². The minimum absolute atomic E-state index is 0.0117. The molecule has 1 saturated carbocycles. The van der Waals surface area contributed by atoms with Crippen molar-refractivity contribution in [3.8, 4) is 0 Å². The number of H-pyrrole nitrogens is 1. The number of hydrogen-bond donors (Lipinski definition) is 1. The number of fused-ring (bicyclic) bond motifs is 1. The number of benzene rings is 1. The van der Waals surface area contributed by atoms with E-state index < -0.39 is 0 Å². The molecule has 1 aliphatic heterocycles. The Labute approximate surface area is 173 Å². The Morgan fingerprint density at radius 3 is 2.72 bits per heavy atom. The lowest BCUT2D eigenvalue weighted by Gasteiger charge is -2.13. The number of Topliss-reactive ketones (excluding diaryl/α,β-unsaturated/α-hetero) is 1.